The van der Waals surface area contributed by atoms with E-state index < -0.39 is 11.9 Å². The molecule has 2 aliphatic rings. The van der Waals surface area contributed by atoms with Gasteiger partial charge in [0.2, 0.25) is 5.88 Å². The lowest BCUT2D eigenvalue weighted by Gasteiger charge is -2.29. The van der Waals surface area contributed by atoms with E-state index in [4.69, 9.17) is 9.84 Å². The van der Waals surface area contributed by atoms with Gasteiger partial charge in [-0.15, -0.1) is 0 Å². The summed E-state index contributed by atoms with van der Waals surface area (Å²) >= 11 is 0. The fourth-order valence-electron chi connectivity index (χ4n) is 4.84. The van der Waals surface area contributed by atoms with Crippen molar-refractivity contribution in [1.82, 2.24) is 39.5 Å². The Hall–Kier alpha value is -4.03. The molecule has 0 N–H and O–H groups in total. The summed E-state index contributed by atoms with van der Waals surface area (Å²) in [5, 5.41) is 8.48. The van der Waals surface area contributed by atoms with Crippen LogP contribution in [-0.4, -0.2) is 53.2 Å². The average molecular weight is 512 g/mol. The Labute approximate surface area is 210 Å². The van der Waals surface area contributed by atoms with E-state index in [0.29, 0.717) is 30.6 Å². The van der Waals surface area contributed by atoms with Crippen LogP contribution in [0, 0.1) is 6.92 Å². The smallest absolute Gasteiger partial charge is 0.435 e. The molecular formula is C24H24F3N9O. The number of alkyl halides is 3. The van der Waals surface area contributed by atoms with E-state index in [1.165, 1.54) is 13.3 Å². The Morgan fingerprint density at radius 2 is 1.81 bits per heavy atom. The lowest BCUT2D eigenvalue weighted by atomic mass is 9.99. The van der Waals surface area contributed by atoms with Crippen LogP contribution in [-0.2, 0) is 26.2 Å². The zero-order chi connectivity index (χ0) is 25.9. The predicted molar refractivity (Wildman–Crippen MR) is 126 cm³/mol. The topological polar surface area (TPSA) is 99.7 Å². The Balaban J connectivity index is 1.32. The average Bonchev–Trinajstić information content (AvgIpc) is 3.58. The third-order valence-electron chi connectivity index (χ3n) is 6.84. The highest BCUT2D eigenvalue weighted by Gasteiger charge is 2.36. The van der Waals surface area contributed by atoms with Crippen molar-refractivity contribution in [3.8, 4) is 23.1 Å². The molecule has 4 aromatic rings. The standard InChI is InChI=1S/C24H24F3N9O/c1-13-8-18(24(25,26)27)32-36(13)23-28-9-15(10-29-23)35-7-6-17-16(11-35)21(33-34(17)2)19-20(14-4-5-14)30-12-31-22(19)37-3/h8-10,12,14H,4-7,11H2,1-3H3. The van der Waals surface area contributed by atoms with E-state index in [1.807, 2.05) is 11.7 Å². The Morgan fingerprint density at radius 1 is 1.05 bits per heavy atom. The second kappa shape index (κ2) is 8.53. The normalized spacial score (nSPS) is 15.7. The van der Waals surface area contributed by atoms with E-state index in [-0.39, 0.29) is 5.95 Å². The summed E-state index contributed by atoms with van der Waals surface area (Å²) in [7, 11) is 3.53. The summed E-state index contributed by atoms with van der Waals surface area (Å²) in [4.78, 5) is 19.7. The highest BCUT2D eigenvalue weighted by molar-refractivity contribution is 5.73. The Morgan fingerprint density at radius 3 is 2.46 bits per heavy atom. The van der Waals surface area contributed by atoms with Gasteiger partial charge in [0.05, 0.1) is 36.4 Å². The van der Waals surface area contributed by atoms with Crippen LogP contribution in [0.4, 0.5) is 18.9 Å². The van der Waals surface area contributed by atoms with Crippen LogP contribution in [0.15, 0.2) is 24.8 Å². The van der Waals surface area contributed by atoms with Crippen molar-refractivity contribution in [1.29, 1.82) is 0 Å². The lowest BCUT2D eigenvalue weighted by Crippen LogP contribution is -2.31. The molecule has 6 rings (SSSR count). The number of aryl methyl sites for hydroxylation is 2. The summed E-state index contributed by atoms with van der Waals surface area (Å²) in [5.41, 5.74) is 4.88. The van der Waals surface area contributed by atoms with Gasteiger partial charge in [-0.1, -0.05) is 0 Å². The minimum absolute atomic E-state index is 0.0803. The van der Waals surface area contributed by atoms with Crippen molar-refractivity contribution in [3.63, 3.8) is 0 Å². The zero-order valence-electron chi connectivity index (χ0n) is 20.5. The number of methoxy groups -OCH3 is 1. The van der Waals surface area contributed by atoms with Crippen LogP contribution in [0.1, 0.15) is 47.1 Å². The van der Waals surface area contributed by atoms with Gasteiger partial charge in [-0.05, 0) is 25.8 Å². The van der Waals surface area contributed by atoms with Crippen molar-refractivity contribution in [2.45, 2.75) is 44.8 Å². The van der Waals surface area contributed by atoms with Crippen LogP contribution in [0.25, 0.3) is 17.2 Å². The quantitative estimate of drug-likeness (QED) is 0.401. The lowest BCUT2D eigenvalue weighted by molar-refractivity contribution is -0.141. The predicted octanol–water partition coefficient (Wildman–Crippen LogP) is 3.63. The van der Waals surface area contributed by atoms with Gasteiger partial charge in [-0.2, -0.15) is 23.4 Å². The molecule has 0 aromatic carbocycles. The zero-order valence-corrected chi connectivity index (χ0v) is 20.5. The number of aromatic nitrogens is 8. The van der Waals surface area contributed by atoms with Crippen molar-refractivity contribution < 1.29 is 17.9 Å². The molecule has 0 saturated heterocycles. The van der Waals surface area contributed by atoms with Crippen LogP contribution >= 0.6 is 0 Å². The van der Waals surface area contributed by atoms with Crippen molar-refractivity contribution in [3.05, 3.63) is 53.1 Å². The fourth-order valence-corrected chi connectivity index (χ4v) is 4.84. The number of fused-ring (bicyclic) bond motifs is 1. The van der Waals surface area contributed by atoms with E-state index in [9.17, 15) is 13.2 Å². The molecule has 10 nitrogen and oxygen atoms in total. The molecule has 1 aliphatic carbocycles. The van der Waals surface area contributed by atoms with Crippen molar-refractivity contribution >= 4 is 5.69 Å². The maximum Gasteiger partial charge on any atom is 0.435 e. The molecule has 0 atom stereocenters. The number of anilines is 1. The van der Waals surface area contributed by atoms with Crippen molar-refractivity contribution in [2.24, 2.45) is 7.05 Å². The number of halogens is 3. The minimum Gasteiger partial charge on any atom is -0.480 e. The van der Waals surface area contributed by atoms with E-state index in [0.717, 1.165) is 63.9 Å². The molecule has 5 heterocycles. The SMILES string of the molecule is COc1ncnc(C2CC2)c1-c1nn(C)c2c1CN(c1cnc(-n3nc(C(F)(F)F)cc3C)nc1)CC2. The summed E-state index contributed by atoms with van der Waals surface area (Å²) in [6.45, 7) is 2.81. The third-order valence-corrected chi connectivity index (χ3v) is 6.84. The van der Waals surface area contributed by atoms with Crippen LogP contribution in [0.2, 0.25) is 0 Å². The molecule has 0 bridgehead atoms. The molecular weight excluding hydrogens is 487 g/mol. The molecule has 37 heavy (non-hydrogen) atoms. The molecule has 0 amide bonds. The maximum absolute atomic E-state index is 13.1. The second-order valence-electron chi connectivity index (χ2n) is 9.31. The van der Waals surface area contributed by atoms with Crippen molar-refractivity contribution in [2.75, 3.05) is 18.6 Å². The monoisotopic (exact) mass is 511 g/mol. The molecule has 0 spiro atoms. The number of ether oxygens (including phenoxy) is 1. The number of hydrogen-bond donors (Lipinski definition) is 0. The van der Waals surface area contributed by atoms with Crippen LogP contribution in [0.5, 0.6) is 5.88 Å². The number of nitrogens with zero attached hydrogens (tertiary/aromatic N) is 9. The van der Waals surface area contributed by atoms with Gasteiger partial charge in [0, 0.05) is 49.4 Å². The number of rotatable bonds is 5. The minimum atomic E-state index is -4.53. The molecule has 1 saturated carbocycles. The highest BCUT2D eigenvalue weighted by Crippen LogP contribution is 2.46. The summed E-state index contributed by atoms with van der Waals surface area (Å²) in [5.74, 6) is 0.973. The van der Waals surface area contributed by atoms with Gasteiger partial charge >= 0.3 is 6.18 Å². The first-order valence-electron chi connectivity index (χ1n) is 11.9. The first-order valence-corrected chi connectivity index (χ1v) is 11.9. The molecule has 4 aromatic heterocycles. The van der Waals surface area contributed by atoms with Gasteiger partial charge in [0.1, 0.15) is 12.0 Å². The number of hydrogen-bond acceptors (Lipinski definition) is 8. The van der Waals surface area contributed by atoms with Crippen LogP contribution in [0.3, 0.4) is 0 Å². The highest BCUT2D eigenvalue weighted by atomic mass is 19.4. The first-order chi connectivity index (χ1) is 17.7. The summed E-state index contributed by atoms with van der Waals surface area (Å²) in [6.07, 6.45) is 3.14. The molecule has 0 unspecified atom stereocenters. The van der Waals surface area contributed by atoms with Gasteiger partial charge in [0.15, 0.2) is 5.69 Å². The Bertz CT molecular complexity index is 1470. The van der Waals surface area contributed by atoms with E-state index in [2.05, 4.69) is 29.9 Å². The van der Waals surface area contributed by atoms with Gasteiger partial charge in [0.25, 0.3) is 5.95 Å². The summed E-state index contributed by atoms with van der Waals surface area (Å²) in [6, 6.07) is 0.977. The summed E-state index contributed by atoms with van der Waals surface area (Å²) < 4.78 is 47.8. The first kappa shape index (κ1) is 23.4. The largest absolute Gasteiger partial charge is 0.480 e. The maximum atomic E-state index is 13.1. The molecule has 192 valence electrons. The fraction of sp³-hybridized carbons (Fsp3) is 0.417. The second-order valence-corrected chi connectivity index (χ2v) is 9.31. The van der Waals surface area contributed by atoms with Gasteiger partial charge in [-0.25, -0.2) is 24.6 Å². The van der Waals surface area contributed by atoms with Gasteiger partial charge in [-0.3, -0.25) is 4.68 Å². The molecule has 1 aliphatic heterocycles. The third kappa shape index (κ3) is 4.07. The van der Waals surface area contributed by atoms with E-state index >= 15 is 0 Å². The van der Waals surface area contributed by atoms with Crippen LogP contribution < -0.4 is 9.64 Å². The molecule has 13 heteroatoms. The molecule has 1 fully saturated rings. The van der Waals surface area contributed by atoms with E-state index in [1.54, 1.807) is 19.5 Å². The Kier molecular flexibility index (Phi) is 5.39. The van der Waals surface area contributed by atoms with Gasteiger partial charge < -0.3 is 9.64 Å². The molecule has 0 radical (unpaired) electrons.